The Morgan fingerprint density at radius 1 is 1.06 bits per heavy atom. The van der Waals surface area contributed by atoms with Crippen LogP contribution in [-0.2, 0) is 4.79 Å². The number of thiophene rings is 1. The van der Waals surface area contributed by atoms with Gasteiger partial charge in [0.2, 0.25) is 0 Å². The molecule has 1 unspecified atom stereocenters. The molecule has 0 spiro atoms. The lowest BCUT2D eigenvalue weighted by Crippen LogP contribution is -2.40. The van der Waals surface area contributed by atoms with E-state index in [1.165, 1.54) is 16.3 Å². The minimum Gasteiger partial charge on any atom is -0.467 e. The van der Waals surface area contributed by atoms with Gasteiger partial charge in [0.25, 0.3) is 11.8 Å². The Bertz CT molecular complexity index is 1080. The Balaban J connectivity index is 1.26. The molecule has 2 aliphatic heterocycles. The highest BCUT2D eigenvalue weighted by Gasteiger charge is 2.36. The SMILES string of the molecule is O=C(c1ccsc1)N1CCCN(CC(=O)N2N=C(c3ccco3)CC2c2ccco2)CC1. The number of hydrazone groups is 1. The molecule has 5 rings (SSSR count). The van der Waals surface area contributed by atoms with Crippen LogP contribution in [0.4, 0.5) is 0 Å². The molecule has 0 aliphatic carbocycles. The van der Waals surface area contributed by atoms with Gasteiger partial charge in [-0.2, -0.15) is 16.4 Å². The van der Waals surface area contributed by atoms with E-state index in [1.54, 1.807) is 12.5 Å². The van der Waals surface area contributed by atoms with Crippen molar-refractivity contribution in [1.82, 2.24) is 14.8 Å². The highest BCUT2D eigenvalue weighted by Crippen LogP contribution is 2.33. The first-order valence-corrected chi connectivity index (χ1v) is 11.6. The topological polar surface area (TPSA) is 82.5 Å². The minimum absolute atomic E-state index is 0.0598. The van der Waals surface area contributed by atoms with E-state index in [0.29, 0.717) is 37.6 Å². The van der Waals surface area contributed by atoms with E-state index in [-0.39, 0.29) is 24.4 Å². The number of hydrogen-bond acceptors (Lipinski definition) is 7. The highest BCUT2D eigenvalue weighted by atomic mass is 32.1. The molecule has 3 aromatic heterocycles. The maximum atomic E-state index is 13.3. The van der Waals surface area contributed by atoms with Gasteiger partial charge in [-0.15, -0.1) is 0 Å². The lowest BCUT2D eigenvalue weighted by molar-refractivity contribution is -0.134. The van der Waals surface area contributed by atoms with Crippen molar-refractivity contribution in [3.8, 4) is 0 Å². The molecule has 3 aromatic rings. The monoisotopic (exact) mass is 452 g/mol. The summed E-state index contributed by atoms with van der Waals surface area (Å²) in [6.07, 6.45) is 4.57. The number of nitrogens with zero attached hydrogens (tertiary/aromatic N) is 4. The quantitative estimate of drug-likeness (QED) is 0.592. The van der Waals surface area contributed by atoms with Gasteiger partial charge < -0.3 is 13.7 Å². The van der Waals surface area contributed by atoms with Crippen LogP contribution in [0.5, 0.6) is 0 Å². The minimum atomic E-state index is -0.291. The van der Waals surface area contributed by atoms with E-state index >= 15 is 0 Å². The van der Waals surface area contributed by atoms with Crippen molar-refractivity contribution in [1.29, 1.82) is 0 Å². The largest absolute Gasteiger partial charge is 0.467 e. The maximum Gasteiger partial charge on any atom is 0.257 e. The van der Waals surface area contributed by atoms with E-state index in [4.69, 9.17) is 8.83 Å². The summed E-state index contributed by atoms with van der Waals surface area (Å²) in [6.45, 7) is 2.94. The molecule has 0 bridgehead atoms. The van der Waals surface area contributed by atoms with Crippen LogP contribution in [0.2, 0.25) is 0 Å². The normalized spacial score (nSPS) is 19.8. The number of hydrogen-bond donors (Lipinski definition) is 0. The van der Waals surface area contributed by atoms with Crippen molar-refractivity contribution in [2.45, 2.75) is 18.9 Å². The molecule has 0 saturated carbocycles. The fourth-order valence-corrected chi connectivity index (χ4v) is 4.83. The lowest BCUT2D eigenvalue weighted by atomic mass is 10.1. The summed E-state index contributed by atoms with van der Waals surface area (Å²) in [5.41, 5.74) is 1.46. The first-order chi connectivity index (χ1) is 15.7. The average Bonchev–Trinajstić information content (AvgIpc) is 3.60. The lowest BCUT2D eigenvalue weighted by Gasteiger charge is -2.25. The van der Waals surface area contributed by atoms with Crippen LogP contribution in [-0.4, -0.2) is 65.1 Å². The fourth-order valence-electron chi connectivity index (χ4n) is 4.20. The molecule has 5 heterocycles. The summed E-state index contributed by atoms with van der Waals surface area (Å²) in [7, 11) is 0. The van der Waals surface area contributed by atoms with Crippen molar-refractivity contribution in [3.05, 3.63) is 70.7 Å². The predicted molar refractivity (Wildman–Crippen MR) is 119 cm³/mol. The van der Waals surface area contributed by atoms with Gasteiger partial charge in [0, 0.05) is 38.0 Å². The zero-order valence-electron chi connectivity index (χ0n) is 17.6. The van der Waals surface area contributed by atoms with Crippen molar-refractivity contribution >= 4 is 28.9 Å². The molecule has 1 saturated heterocycles. The molecule has 9 heteroatoms. The third kappa shape index (κ3) is 4.26. The molecule has 2 amide bonds. The van der Waals surface area contributed by atoms with Crippen molar-refractivity contribution in [2.24, 2.45) is 5.10 Å². The molecule has 8 nitrogen and oxygen atoms in total. The van der Waals surface area contributed by atoms with Crippen molar-refractivity contribution in [2.75, 3.05) is 32.7 Å². The van der Waals surface area contributed by atoms with E-state index in [0.717, 1.165) is 24.2 Å². The van der Waals surface area contributed by atoms with Crippen molar-refractivity contribution < 1.29 is 18.4 Å². The predicted octanol–water partition coefficient (Wildman–Crippen LogP) is 3.46. The summed E-state index contributed by atoms with van der Waals surface area (Å²) in [5.74, 6) is 1.33. The summed E-state index contributed by atoms with van der Waals surface area (Å²) in [4.78, 5) is 29.9. The molecule has 166 valence electrons. The van der Waals surface area contributed by atoms with Crippen LogP contribution in [0.15, 0.2) is 67.6 Å². The fraction of sp³-hybridized carbons (Fsp3) is 0.348. The molecule has 0 radical (unpaired) electrons. The first-order valence-electron chi connectivity index (χ1n) is 10.7. The van der Waals surface area contributed by atoms with Gasteiger partial charge in [0.15, 0.2) is 0 Å². The van der Waals surface area contributed by atoms with E-state index in [2.05, 4.69) is 10.0 Å². The van der Waals surface area contributed by atoms with Crippen LogP contribution in [0.25, 0.3) is 0 Å². The Hall–Kier alpha value is -3.17. The van der Waals surface area contributed by atoms with E-state index in [9.17, 15) is 9.59 Å². The first kappa shape index (κ1) is 20.7. The zero-order chi connectivity index (χ0) is 21.9. The molecule has 0 N–H and O–H groups in total. The van der Waals surface area contributed by atoms with Gasteiger partial charge in [0.05, 0.1) is 24.6 Å². The maximum absolute atomic E-state index is 13.3. The van der Waals surface area contributed by atoms with Crippen molar-refractivity contribution in [3.63, 3.8) is 0 Å². The Labute approximate surface area is 189 Å². The highest BCUT2D eigenvalue weighted by molar-refractivity contribution is 7.08. The Morgan fingerprint density at radius 2 is 1.94 bits per heavy atom. The zero-order valence-corrected chi connectivity index (χ0v) is 18.4. The third-order valence-electron chi connectivity index (χ3n) is 5.85. The summed E-state index contributed by atoms with van der Waals surface area (Å²) < 4.78 is 11.1. The molecule has 1 atom stereocenters. The number of furan rings is 2. The molecule has 0 aromatic carbocycles. The summed E-state index contributed by atoms with van der Waals surface area (Å²) in [6, 6.07) is 8.91. The number of carbonyl (C=O) groups excluding carboxylic acids is 2. The van der Waals surface area contributed by atoms with Crippen LogP contribution in [0, 0.1) is 0 Å². The number of carbonyl (C=O) groups is 2. The third-order valence-corrected chi connectivity index (χ3v) is 6.53. The second kappa shape index (κ2) is 9.13. The van der Waals surface area contributed by atoms with Crippen LogP contribution in [0.1, 0.15) is 40.8 Å². The second-order valence-electron chi connectivity index (χ2n) is 7.93. The van der Waals surface area contributed by atoms with Gasteiger partial charge in [0.1, 0.15) is 23.3 Å². The van der Waals surface area contributed by atoms with Gasteiger partial charge in [-0.05, 0) is 42.1 Å². The van der Waals surface area contributed by atoms with Gasteiger partial charge in [-0.3, -0.25) is 14.5 Å². The van der Waals surface area contributed by atoms with Crippen LogP contribution in [0.3, 0.4) is 0 Å². The second-order valence-corrected chi connectivity index (χ2v) is 8.71. The van der Waals surface area contributed by atoms with E-state index in [1.807, 2.05) is 46.0 Å². The molecule has 1 fully saturated rings. The van der Waals surface area contributed by atoms with Gasteiger partial charge in [-0.1, -0.05) is 0 Å². The standard InChI is InChI=1S/C23H24N4O4S/c28-22(15-25-7-3-8-26(10-9-25)23(29)17-6-13-32-16-17)27-19(21-5-2-12-31-21)14-18(24-27)20-4-1-11-30-20/h1-2,4-6,11-13,16,19H,3,7-10,14-15H2. The molecular weight excluding hydrogens is 428 g/mol. The molecule has 2 aliphatic rings. The van der Waals surface area contributed by atoms with Crippen LogP contribution < -0.4 is 0 Å². The summed E-state index contributed by atoms with van der Waals surface area (Å²) >= 11 is 1.52. The van der Waals surface area contributed by atoms with Gasteiger partial charge in [-0.25, -0.2) is 5.01 Å². The van der Waals surface area contributed by atoms with E-state index < -0.39 is 0 Å². The Kier molecular flexibility index (Phi) is 5.91. The summed E-state index contributed by atoms with van der Waals surface area (Å²) in [5, 5.41) is 9.91. The molecular formula is C23H24N4O4S. The molecule has 32 heavy (non-hydrogen) atoms. The smallest absolute Gasteiger partial charge is 0.257 e. The Morgan fingerprint density at radius 3 is 2.69 bits per heavy atom. The average molecular weight is 453 g/mol. The van der Waals surface area contributed by atoms with Gasteiger partial charge >= 0.3 is 0 Å². The number of amides is 2. The van der Waals surface area contributed by atoms with Crippen LogP contribution >= 0.6 is 11.3 Å². The number of rotatable bonds is 5.